The molecule has 0 atom stereocenters. The third-order valence-corrected chi connectivity index (χ3v) is 6.80. The first-order valence-corrected chi connectivity index (χ1v) is 11.6. The van der Waals surface area contributed by atoms with Crippen LogP contribution in [0, 0.1) is 0 Å². The van der Waals surface area contributed by atoms with E-state index in [2.05, 4.69) is 82.6 Å². The number of ether oxygens (including phenoxy) is 2. The van der Waals surface area contributed by atoms with Crippen LogP contribution in [0.3, 0.4) is 0 Å². The molecule has 2 fully saturated rings. The van der Waals surface area contributed by atoms with E-state index in [-0.39, 0.29) is 0 Å². The molecule has 4 aromatic carbocycles. The molecule has 4 nitrogen and oxygen atoms in total. The number of hydrogen-bond donors (Lipinski definition) is 0. The van der Waals surface area contributed by atoms with Crippen LogP contribution in [0.15, 0.2) is 72.8 Å². The molecule has 0 aliphatic carbocycles. The summed E-state index contributed by atoms with van der Waals surface area (Å²) >= 11 is 0. The summed E-state index contributed by atoms with van der Waals surface area (Å²) < 4.78 is 11.2. The first-order chi connectivity index (χ1) is 15.9. The normalized spacial score (nSPS) is 17.2. The fraction of sp³-hybridized carbons (Fsp3) is 0.286. The molecule has 162 valence electrons. The van der Waals surface area contributed by atoms with Gasteiger partial charge in [0, 0.05) is 48.3 Å². The van der Waals surface area contributed by atoms with Gasteiger partial charge < -0.3 is 19.3 Å². The van der Waals surface area contributed by atoms with Crippen molar-refractivity contribution in [2.45, 2.75) is 0 Å². The van der Waals surface area contributed by atoms with Crippen molar-refractivity contribution in [3.05, 3.63) is 72.8 Å². The zero-order chi connectivity index (χ0) is 21.3. The third kappa shape index (κ3) is 3.40. The maximum Gasteiger partial charge on any atom is 0.0642 e. The molecule has 6 rings (SSSR count). The zero-order valence-electron chi connectivity index (χ0n) is 18.3. The van der Waals surface area contributed by atoms with Crippen LogP contribution in [-0.4, -0.2) is 52.6 Å². The number of benzene rings is 4. The number of fused-ring (bicyclic) bond motifs is 2. The summed E-state index contributed by atoms with van der Waals surface area (Å²) in [5, 5.41) is 5.24. The SMILES string of the molecule is c1ccc2c(N3CCOCC3)ccc(-c3ccc(N4CCOCC4)c4ccccc34)c2c1. The minimum absolute atomic E-state index is 0.795. The highest BCUT2D eigenvalue weighted by molar-refractivity contribution is 6.11. The van der Waals surface area contributed by atoms with E-state index in [4.69, 9.17) is 9.47 Å². The molecule has 2 heterocycles. The average Bonchev–Trinajstić information content (AvgIpc) is 2.88. The number of hydrogen-bond acceptors (Lipinski definition) is 4. The Kier molecular flexibility index (Phi) is 5.18. The Morgan fingerprint density at radius 2 is 0.812 bits per heavy atom. The third-order valence-electron chi connectivity index (χ3n) is 6.80. The van der Waals surface area contributed by atoms with Crippen LogP contribution in [0.1, 0.15) is 0 Å². The highest BCUT2D eigenvalue weighted by atomic mass is 16.5. The molecule has 2 aliphatic rings. The van der Waals surface area contributed by atoms with Crippen molar-refractivity contribution < 1.29 is 9.47 Å². The summed E-state index contributed by atoms with van der Waals surface area (Å²) in [6, 6.07) is 26.9. The van der Waals surface area contributed by atoms with Crippen molar-refractivity contribution in [3.8, 4) is 11.1 Å². The standard InChI is InChI=1S/C28H28N2O2/c1-3-7-25-21(5-1)23(9-11-27(25)29-13-17-31-18-14-29)24-10-12-28(30-15-19-32-20-16-30)26-8-4-2-6-22(24)26/h1-12H,13-20H2. The van der Waals surface area contributed by atoms with Crippen molar-refractivity contribution in [3.63, 3.8) is 0 Å². The van der Waals surface area contributed by atoms with E-state index in [1.165, 1.54) is 44.0 Å². The summed E-state index contributed by atoms with van der Waals surface area (Å²) in [6.07, 6.45) is 0. The van der Waals surface area contributed by atoms with E-state index >= 15 is 0 Å². The van der Waals surface area contributed by atoms with Crippen LogP contribution < -0.4 is 9.80 Å². The van der Waals surface area contributed by atoms with Crippen LogP contribution in [0.2, 0.25) is 0 Å². The zero-order valence-corrected chi connectivity index (χ0v) is 18.3. The van der Waals surface area contributed by atoms with E-state index in [9.17, 15) is 0 Å². The lowest BCUT2D eigenvalue weighted by Crippen LogP contribution is -2.36. The van der Waals surface area contributed by atoms with Gasteiger partial charge in [-0.25, -0.2) is 0 Å². The van der Waals surface area contributed by atoms with Gasteiger partial charge in [0.1, 0.15) is 0 Å². The smallest absolute Gasteiger partial charge is 0.0642 e. The molecule has 0 unspecified atom stereocenters. The molecule has 4 aromatic rings. The number of rotatable bonds is 3. The summed E-state index contributed by atoms with van der Waals surface area (Å²) in [6.45, 7) is 6.96. The Morgan fingerprint density at radius 3 is 1.22 bits per heavy atom. The Balaban J connectivity index is 1.51. The van der Waals surface area contributed by atoms with Gasteiger partial charge in [-0.1, -0.05) is 60.7 Å². The van der Waals surface area contributed by atoms with Crippen LogP contribution >= 0.6 is 0 Å². The molecule has 0 spiro atoms. The van der Waals surface area contributed by atoms with Crippen molar-refractivity contribution in [2.24, 2.45) is 0 Å². The van der Waals surface area contributed by atoms with Gasteiger partial charge in [0.15, 0.2) is 0 Å². The molecule has 4 heteroatoms. The molecule has 0 radical (unpaired) electrons. The van der Waals surface area contributed by atoms with Crippen LogP contribution in [0.4, 0.5) is 11.4 Å². The van der Waals surface area contributed by atoms with E-state index < -0.39 is 0 Å². The van der Waals surface area contributed by atoms with E-state index in [0.717, 1.165) is 52.6 Å². The van der Waals surface area contributed by atoms with E-state index in [1.54, 1.807) is 0 Å². The average molecular weight is 425 g/mol. The minimum Gasteiger partial charge on any atom is -0.378 e. The summed E-state index contributed by atoms with van der Waals surface area (Å²) in [7, 11) is 0. The molecule has 2 saturated heterocycles. The predicted molar refractivity (Wildman–Crippen MR) is 133 cm³/mol. The van der Waals surface area contributed by atoms with Gasteiger partial charge in [-0.2, -0.15) is 0 Å². The summed E-state index contributed by atoms with van der Waals surface area (Å²) in [5.74, 6) is 0. The lowest BCUT2D eigenvalue weighted by molar-refractivity contribution is 0.122. The van der Waals surface area contributed by atoms with Crippen molar-refractivity contribution in [1.82, 2.24) is 0 Å². The second-order valence-corrected chi connectivity index (χ2v) is 8.55. The fourth-order valence-electron chi connectivity index (χ4n) is 5.20. The number of nitrogens with zero attached hydrogens (tertiary/aromatic N) is 2. The maximum absolute atomic E-state index is 5.58. The van der Waals surface area contributed by atoms with Gasteiger partial charge in [-0.05, 0) is 34.0 Å². The highest BCUT2D eigenvalue weighted by Crippen LogP contribution is 2.40. The van der Waals surface area contributed by atoms with E-state index in [0.29, 0.717) is 0 Å². The maximum atomic E-state index is 5.58. The van der Waals surface area contributed by atoms with E-state index in [1.807, 2.05) is 0 Å². The van der Waals surface area contributed by atoms with Crippen molar-refractivity contribution in [1.29, 1.82) is 0 Å². The Bertz CT molecular complexity index is 1160. The number of morpholine rings is 2. The lowest BCUT2D eigenvalue weighted by atomic mass is 9.92. The monoisotopic (exact) mass is 424 g/mol. The van der Waals surface area contributed by atoms with Gasteiger partial charge in [0.2, 0.25) is 0 Å². The molecule has 0 N–H and O–H groups in total. The Morgan fingerprint density at radius 1 is 0.438 bits per heavy atom. The molecule has 2 aliphatic heterocycles. The molecular formula is C28H28N2O2. The molecule has 0 bridgehead atoms. The molecule has 32 heavy (non-hydrogen) atoms. The van der Waals surface area contributed by atoms with Gasteiger partial charge >= 0.3 is 0 Å². The van der Waals surface area contributed by atoms with Crippen LogP contribution in [-0.2, 0) is 9.47 Å². The van der Waals surface area contributed by atoms with Crippen LogP contribution in [0.25, 0.3) is 32.7 Å². The molecule has 0 saturated carbocycles. The first kappa shape index (κ1) is 19.6. The Hall–Kier alpha value is -3.08. The molecule has 0 amide bonds. The van der Waals surface area contributed by atoms with Crippen molar-refractivity contribution >= 4 is 32.9 Å². The molecular weight excluding hydrogens is 396 g/mol. The summed E-state index contributed by atoms with van der Waals surface area (Å²) in [5.41, 5.74) is 5.20. The fourth-order valence-corrected chi connectivity index (χ4v) is 5.20. The molecule has 0 aromatic heterocycles. The van der Waals surface area contributed by atoms with Gasteiger partial charge in [-0.15, -0.1) is 0 Å². The number of anilines is 2. The second kappa shape index (κ2) is 8.45. The predicted octanol–water partition coefficient (Wildman–Crippen LogP) is 5.33. The van der Waals surface area contributed by atoms with Gasteiger partial charge in [0.25, 0.3) is 0 Å². The topological polar surface area (TPSA) is 24.9 Å². The Labute approximate surface area is 189 Å². The second-order valence-electron chi connectivity index (χ2n) is 8.55. The van der Waals surface area contributed by atoms with Crippen molar-refractivity contribution in [2.75, 3.05) is 62.4 Å². The summed E-state index contributed by atoms with van der Waals surface area (Å²) in [4.78, 5) is 4.91. The van der Waals surface area contributed by atoms with Crippen LogP contribution in [0.5, 0.6) is 0 Å². The van der Waals surface area contributed by atoms with Gasteiger partial charge in [0.05, 0.1) is 26.4 Å². The highest BCUT2D eigenvalue weighted by Gasteiger charge is 2.19. The first-order valence-electron chi connectivity index (χ1n) is 11.6. The largest absolute Gasteiger partial charge is 0.378 e. The lowest BCUT2D eigenvalue weighted by Gasteiger charge is -2.31. The van der Waals surface area contributed by atoms with Gasteiger partial charge in [-0.3, -0.25) is 0 Å². The quantitative estimate of drug-likeness (QED) is 0.444. The minimum atomic E-state index is 0.795.